The van der Waals surface area contributed by atoms with E-state index in [1.165, 1.54) is 6.07 Å². The minimum absolute atomic E-state index is 0.189. The number of nitrogens with zero attached hydrogens (tertiary/aromatic N) is 2. The van der Waals surface area contributed by atoms with E-state index in [-0.39, 0.29) is 17.8 Å². The Morgan fingerprint density at radius 1 is 1.35 bits per heavy atom. The smallest absolute Gasteiger partial charge is 0.256 e. The molecule has 0 atom stereocenters. The number of benzene rings is 1. The molecular formula is C18H22FN3O. The number of hydrogen-bond acceptors (Lipinski definition) is 3. The average Bonchev–Trinajstić information content (AvgIpc) is 2.54. The zero-order valence-corrected chi connectivity index (χ0v) is 13.9. The van der Waals surface area contributed by atoms with Crippen molar-refractivity contribution in [3.8, 4) is 0 Å². The first-order valence-corrected chi connectivity index (χ1v) is 7.70. The summed E-state index contributed by atoms with van der Waals surface area (Å²) in [5.74, 6) is -0.613. The fraction of sp³-hybridized carbons (Fsp3) is 0.333. The minimum atomic E-state index is -0.357. The third kappa shape index (κ3) is 3.86. The molecule has 1 heterocycles. The molecule has 2 aromatic rings. The van der Waals surface area contributed by atoms with Crippen LogP contribution in [0.25, 0.3) is 0 Å². The Balaban J connectivity index is 2.21. The standard InChI is InChI=1S/C18H22FN3O/c1-5-13-11-20-9-8-15(13)18(23)21-14-6-7-17(16(19)10-14)22(4)12(2)3/h6-12H,5H2,1-4H3,(H,21,23). The SMILES string of the molecule is CCc1cnccc1C(=O)Nc1ccc(N(C)C(C)C)c(F)c1. The van der Waals surface area contributed by atoms with Crippen LogP contribution in [0.15, 0.2) is 36.7 Å². The lowest BCUT2D eigenvalue weighted by atomic mass is 10.1. The molecule has 23 heavy (non-hydrogen) atoms. The van der Waals surface area contributed by atoms with Crippen molar-refractivity contribution in [2.24, 2.45) is 0 Å². The van der Waals surface area contributed by atoms with Crippen LogP contribution in [-0.2, 0) is 6.42 Å². The molecule has 0 radical (unpaired) electrons. The van der Waals surface area contributed by atoms with Crippen LogP contribution in [0.5, 0.6) is 0 Å². The summed E-state index contributed by atoms with van der Waals surface area (Å²) >= 11 is 0. The Hall–Kier alpha value is -2.43. The van der Waals surface area contributed by atoms with Gasteiger partial charge in [0.1, 0.15) is 5.82 Å². The first kappa shape index (κ1) is 16.9. The molecule has 1 N–H and O–H groups in total. The summed E-state index contributed by atoms with van der Waals surface area (Å²) in [5, 5.41) is 2.74. The highest BCUT2D eigenvalue weighted by molar-refractivity contribution is 6.05. The van der Waals surface area contributed by atoms with Crippen LogP contribution in [0, 0.1) is 5.82 Å². The van der Waals surface area contributed by atoms with Crippen molar-refractivity contribution in [3.05, 3.63) is 53.6 Å². The van der Waals surface area contributed by atoms with Gasteiger partial charge in [0.2, 0.25) is 0 Å². The summed E-state index contributed by atoms with van der Waals surface area (Å²) in [6, 6.07) is 6.60. The molecule has 0 fully saturated rings. The zero-order valence-electron chi connectivity index (χ0n) is 13.9. The number of hydrogen-bond donors (Lipinski definition) is 1. The predicted octanol–water partition coefficient (Wildman–Crippen LogP) is 3.88. The van der Waals surface area contributed by atoms with Crippen LogP contribution in [0.2, 0.25) is 0 Å². The lowest BCUT2D eigenvalue weighted by Crippen LogP contribution is -2.26. The van der Waals surface area contributed by atoms with E-state index in [1.54, 1.807) is 30.6 Å². The topological polar surface area (TPSA) is 45.2 Å². The van der Waals surface area contributed by atoms with Gasteiger partial charge in [0.15, 0.2) is 0 Å². The molecule has 0 bridgehead atoms. The van der Waals surface area contributed by atoms with Crippen LogP contribution in [0.4, 0.5) is 15.8 Å². The molecule has 0 saturated carbocycles. The first-order chi connectivity index (χ1) is 10.9. The quantitative estimate of drug-likeness (QED) is 0.910. The van der Waals surface area contributed by atoms with E-state index >= 15 is 0 Å². The number of anilines is 2. The summed E-state index contributed by atoms with van der Waals surface area (Å²) in [6.07, 6.45) is 3.97. The second kappa shape index (κ2) is 7.22. The van der Waals surface area contributed by atoms with E-state index in [2.05, 4.69) is 10.3 Å². The fourth-order valence-electron chi connectivity index (χ4n) is 2.28. The van der Waals surface area contributed by atoms with Gasteiger partial charge in [-0.05, 0) is 50.1 Å². The molecule has 0 unspecified atom stereocenters. The van der Waals surface area contributed by atoms with Gasteiger partial charge in [-0.1, -0.05) is 6.92 Å². The minimum Gasteiger partial charge on any atom is -0.370 e. The van der Waals surface area contributed by atoms with Gasteiger partial charge in [-0.2, -0.15) is 0 Å². The van der Waals surface area contributed by atoms with Crippen molar-refractivity contribution in [2.45, 2.75) is 33.2 Å². The number of aromatic nitrogens is 1. The lowest BCUT2D eigenvalue weighted by molar-refractivity contribution is 0.102. The lowest BCUT2D eigenvalue weighted by Gasteiger charge is -2.24. The molecular weight excluding hydrogens is 293 g/mol. The number of rotatable bonds is 5. The molecule has 5 heteroatoms. The van der Waals surface area contributed by atoms with E-state index < -0.39 is 0 Å². The molecule has 0 aliphatic rings. The molecule has 4 nitrogen and oxygen atoms in total. The van der Waals surface area contributed by atoms with Gasteiger partial charge in [-0.3, -0.25) is 9.78 Å². The number of amides is 1. The number of halogens is 1. The normalized spacial score (nSPS) is 10.7. The van der Waals surface area contributed by atoms with Gasteiger partial charge in [0.25, 0.3) is 5.91 Å². The number of nitrogens with one attached hydrogen (secondary N) is 1. The van der Waals surface area contributed by atoms with Gasteiger partial charge >= 0.3 is 0 Å². The third-order valence-corrected chi connectivity index (χ3v) is 3.89. The Bertz CT molecular complexity index is 700. The molecule has 2 rings (SSSR count). The Morgan fingerprint density at radius 2 is 2.09 bits per heavy atom. The highest BCUT2D eigenvalue weighted by Crippen LogP contribution is 2.24. The maximum atomic E-state index is 14.3. The summed E-state index contributed by atoms with van der Waals surface area (Å²) in [4.78, 5) is 18.2. The van der Waals surface area contributed by atoms with Crippen molar-refractivity contribution in [1.29, 1.82) is 0 Å². The van der Waals surface area contributed by atoms with Crippen LogP contribution < -0.4 is 10.2 Å². The molecule has 0 aliphatic carbocycles. The largest absolute Gasteiger partial charge is 0.370 e. The summed E-state index contributed by atoms with van der Waals surface area (Å²) < 4.78 is 14.3. The van der Waals surface area contributed by atoms with E-state index in [0.717, 1.165) is 5.56 Å². The Labute approximate surface area is 136 Å². The summed E-state index contributed by atoms with van der Waals surface area (Å²) in [5.41, 5.74) is 2.37. The maximum Gasteiger partial charge on any atom is 0.256 e. The van der Waals surface area contributed by atoms with E-state index in [4.69, 9.17) is 0 Å². The van der Waals surface area contributed by atoms with Gasteiger partial charge in [-0.15, -0.1) is 0 Å². The van der Waals surface area contributed by atoms with E-state index in [1.807, 2.05) is 32.7 Å². The predicted molar refractivity (Wildman–Crippen MR) is 91.5 cm³/mol. The van der Waals surface area contributed by atoms with Gasteiger partial charge in [-0.25, -0.2) is 4.39 Å². The number of aryl methyl sites for hydroxylation is 1. The van der Waals surface area contributed by atoms with Crippen molar-refractivity contribution >= 4 is 17.3 Å². The second-order valence-electron chi connectivity index (χ2n) is 5.71. The molecule has 1 aromatic carbocycles. The number of pyridine rings is 1. The summed E-state index contributed by atoms with van der Waals surface area (Å²) in [6.45, 7) is 5.94. The van der Waals surface area contributed by atoms with Crippen LogP contribution >= 0.6 is 0 Å². The Kier molecular flexibility index (Phi) is 5.32. The van der Waals surface area contributed by atoms with Crippen molar-refractivity contribution in [3.63, 3.8) is 0 Å². The molecule has 0 aliphatic heterocycles. The number of carbonyl (C=O) groups excluding carboxylic acids is 1. The summed E-state index contributed by atoms with van der Waals surface area (Å²) in [7, 11) is 1.84. The van der Waals surface area contributed by atoms with Crippen LogP contribution in [0.3, 0.4) is 0 Å². The van der Waals surface area contributed by atoms with Crippen molar-refractivity contribution in [1.82, 2.24) is 4.98 Å². The molecule has 122 valence electrons. The van der Waals surface area contributed by atoms with Gasteiger partial charge in [0.05, 0.1) is 5.69 Å². The third-order valence-electron chi connectivity index (χ3n) is 3.89. The fourth-order valence-corrected chi connectivity index (χ4v) is 2.28. The molecule has 0 spiro atoms. The van der Waals surface area contributed by atoms with Crippen LogP contribution in [-0.4, -0.2) is 24.0 Å². The van der Waals surface area contributed by atoms with Gasteiger partial charge < -0.3 is 10.2 Å². The highest BCUT2D eigenvalue weighted by Gasteiger charge is 2.14. The molecule has 0 saturated heterocycles. The maximum absolute atomic E-state index is 14.3. The van der Waals surface area contributed by atoms with Crippen molar-refractivity contribution in [2.75, 3.05) is 17.3 Å². The molecule has 1 aromatic heterocycles. The zero-order chi connectivity index (χ0) is 17.0. The number of carbonyl (C=O) groups is 1. The van der Waals surface area contributed by atoms with Crippen molar-refractivity contribution < 1.29 is 9.18 Å². The second-order valence-corrected chi connectivity index (χ2v) is 5.71. The van der Waals surface area contributed by atoms with Gasteiger partial charge in [0, 0.05) is 36.7 Å². The average molecular weight is 315 g/mol. The van der Waals surface area contributed by atoms with E-state index in [0.29, 0.717) is 23.4 Å². The molecule has 1 amide bonds. The Morgan fingerprint density at radius 3 is 2.70 bits per heavy atom. The monoisotopic (exact) mass is 315 g/mol. The van der Waals surface area contributed by atoms with Crippen LogP contribution in [0.1, 0.15) is 36.7 Å². The first-order valence-electron chi connectivity index (χ1n) is 7.70. The highest BCUT2D eigenvalue weighted by atomic mass is 19.1. The van der Waals surface area contributed by atoms with E-state index in [9.17, 15) is 9.18 Å².